The first-order valence-electron chi connectivity index (χ1n) is 9.31. The number of aromatic hydroxyl groups is 1. The topological polar surface area (TPSA) is 97.0 Å². The summed E-state index contributed by atoms with van der Waals surface area (Å²) in [5, 5.41) is 21.3. The maximum absolute atomic E-state index is 12.4. The summed E-state index contributed by atoms with van der Waals surface area (Å²) in [4.78, 5) is 24.7. The van der Waals surface area contributed by atoms with Crippen LogP contribution in [0.2, 0.25) is 0 Å². The second-order valence-electron chi connectivity index (χ2n) is 7.55. The highest BCUT2D eigenvalue weighted by atomic mass is 16.5. The van der Waals surface area contributed by atoms with Crippen molar-refractivity contribution in [3.05, 3.63) is 27.3 Å². The molecule has 0 spiro atoms. The van der Waals surface area contributed by atoms with Gasteiger partial charge in [-0.25, -0.2) is 4.79 Å². The van der Waals surface area contributed by atoms with Gasteiger partial charge < -0.3 is 19.4 Å². The molecule has 25 heavy (non-hydrogen) atoms. The van der Waals surface area contributed by atoms with Crippen LogP contribution in [0, 0.1) is 11.8 Å². The van der Waals surface area contributed by atoms with Crippen molar-refractivity contribution in [2.75, 3.05) is 0 Å². The highest BCUT2D eigenvalue weighted by molar-refractivity contribution is 5.75. The number of carbonyl (C=O) groups is 1. The highest BCUT2D eigenvalue weighted by Crippen LogP contribution is 2.39. The molecule has 6 nitrogen and oxygen atoms in total. The average Bonchev–Trinajstić information content (AvgIpc) is 2.61. The molecule has 1 saturated carbocycles. The molecule has 2 fully saturated rings. The molecule has 2 aliphatic carbocycles. The average molecular weight is 348 g/mol. The van der Waals surface area contributed by atoms with Crippen molar-refractivity contribution in [3.63, 3.8) is 0 Å². The molecule has 0 aromatic carbocycles. The first-order valence-corrected chi connectivity index (χ1v) is 9.31. The van der Waals surface area contributed by atoms with Crippen LogP contribution in [0.25, 0.3) is 0 Å². The van der Waals surface area contributed by atoms with E-state index < -0.39 is 23.6 Å². The van der Waals surface area contributed by atoms with Gasteiger partial charge >= 0.3 is 11.6 Å². The number of aliphatic hydroxyl groups excluding tert-OH is 1. The molecule has 4 atom stereocenters. The number of aliphatic hydroxyl groups is 1. The van der Waals surface area contributed by atoms with Crippen LogP contribution in [0.3, 0.4) is 0 Å². The van der Waals surface area contributed by atoms with E-state index in [-0.39, 0.29) is 29.8 Å². The summed E-state index contributed by atoms with van der Waals surface area (Å²) < 4.78 is 10.9. The zero-order valence-electron chi connectivity index (χ0n) is 14.2. The van der Waals surface area contributed by atoms with E-state index in [1.807, 2.05) is 0 Å². The zero-order chi connectivity index (χ0) is 17.6. The summed E-state index contributed by atoms with van der Waals surface area (Å²) in [7, 11) is 0. The smallest absolute Gasteiger partial charge is 0.342 e. The van der Waals surface area contributed by atoms with Gasteiger partial charge in [0.25, 0.3) is 0 Å². The predicted octanol–water partition coefficient (Wildman–Crippen LogP) is 1.86. The predicted molar refractivity (Wildman–Crippen MR) is 88.3 cm³/mol. The summed E-state index contributed by atoms with van der Waals surface area (Å²) in [5.74, 6) is -0.890. The van der Waals surface area contributed by atoms with E-state index >= 15 is 0 Å². The Bertz CT molecular complexity index is 736. The molecule has 0 amide bonds. The Balaban J connectivity index is 1.63. The molecule has 4 rings (SSSR count). The highest BCUT2D eigenvalue weighted by Gasteiger charge is 2.46. The Morgan fingerprint density at radius 2 is 1.80 bits per heavy atom. The fraction of sp³-hybridized carbons (Fsp3) is 0.684. The normalized spacial score (nSPS) is 31.8. The molecule has 1 aromatic rings. The molecule has 2 N–H and O–H groups in total. The minimum atomic E-state index is -0.846. The van der Waals surface area contributed by atoms with Gasteiger partial charge in [0.05, 0.1) is 17.6 Å². The maximum atomic E-state index is 12.4. The number of aryl methyl sites for hydroxylation is 1. The third-order valence-corrected chi connectivity index (χ3v) is 6.05. The quantitative estimate of drug-likeness (QED) is 0.792. The Labute approximate surface area is 145 Å². The zero-order valence-corrected chi connectivity index (χ0v) is 14.2. The molecule has 136 valence electrons. The van der Waals surface area contributed by atoms with E-state index in [0.717, 1.165) is 38.5 Å². The summed E-state index contributed by atoms with van der Waals surface area (Å²) in [5.41, 5.74) is 0.162. The van der Waals surface area contributed by atoms with Gasteiger partial charge in [-0.05, 0) is 44.9 Å². The van der Waals surface area contributed by atoms with Crippen molar-refractivity contribution in [2.45, 2.75) is 70.0 Å². The summed E-state index contributed by atoms with van der Waals surface area (Å²) in [6.45, 7) is 0. The molecule has 0 bridgehead atoms. The van der Waals surface area contributed by atoms with Crippen LogP contribution in [-0.2, 0) is 28.8 Å². The van der Waals surface area contributed by atoms with Crippen molar-refractivity contribution < 1.29 is 24.2 Å². The second kappa shape index (κ2) is 6.48. The van der Waals surface area contributed by atoms with E-state index in [1.54, 1.807) is 0 Å². The van der Waals surface area contributed by atoms with Crippen LogP contribution in [0.15, 0.2) is 9.21 Å². The minimum absolute atomic E-state index is 0.0370. The van der Waals surface area contributed by atoms with Gasteiger partial charge in [0.15, 0.2) is 0 Å². The molecule has 4 unspecified atom stereocenters. The van der Waals surface area contributed by atoms with Crippen molar-refractivity contribution in [2.24, 2.45) is 11.8 Å². The summed E-state index contributed by atoms with van der Waals surface area (Å²) >= 11 is 0. The first kappa shape index (κ1) is 16.6. The molecule has 2 heterocycles. The number of fused-ring (bicyclic) bond motifs is 2. The molecule has 6 heteroatoms. The molecular weight excluding hydrogens is 324 g/mol. The number of hydrogen-bond donors (Lipinski definition) is 2. The number of hydrogen-bond acceptors (Lipinski definition) is 6. The van der Waals surface area contributed by atoms with Gasteiger partial charge in [-0.2, -0.15) is 0 Å². The number of ether oxygens (including phenoxy) is 1. The number of rotatable bonds is 2. The van der Waals surface area contributed by atoms with Crippen molar-refractivity contribution >= 4 is 5.97 Å². The van der Waals surface area contributed by atoms with E-state index in [1.165, 1.54) is 0 Å². The fourth-order valence-corrected chi connectivity index (χ4v) is 4.63. The van der Waals surface area contributed by atoms with Gasteiger partial charge in [0.1, 0.15) is 17.6 Å². The number of carbonyl (C=O) groups excluding carboxylic acids is 1. The van der Waals surface area contributed by atoms with Crippen LogP contribution in [0.4, 0.5) is 0 Å². The van der Waals surface area contributed by atoms with E-state index in [0.29, 0.717) is 24.2 Å². The monoisotopic (exact) mass is 348 g/mol. The lowest BCUT2D eigenvalue weighted by atomic mass is 9.74. The van der Waals surface area contributed by atoms with E-state index in [2.05, 4.69) is 0 Å². The van der Waals surface area contributed by atoms with Gasteiger partial charge in [-0.1, -0.05) is 6.42 Å². The van der Waals surface area contributed by atoms with Crippen LogP contribution in [-0.4, -0.2) is 28.4 Å². The Morgan fingerprint density at radius 1 is 1.04 bits per heavy atom. The lowest BCUT2D eigenvalue weighted by Crippen LogP contribution is -2.51. The third-order valence-electron chi connectivity index (χ3n) is 6.05. The molecule has 0 radical (unpaired) electrons. The van der Waals surface area contributed by atoms with Crippen LogP contribution < -0.4 is 5.63 Å². The Morgan fingerprint density at radius 3 is 2.64 bits per heavy atom. The second-order valence-corrected chi connectivity index (χ2v) is 7.55. The van der Waals surface area contributed by atoms with Crippen LogP contribution in [0.1, 0.15) is 55.4 Å². The molecule has 1 saturated heterocycles. The third kappa shape index (κ3) is 2.86. The Hall–Kier alpha value is -1.82. The first-order chi connectivity index (χ1) is 12.1. The minimum Gasteiger partial charge on any atom is -0.507 e. The van der Waals surface area contributed by atoms with Crippen LogP contribution >= 0.6 is 0 Å². The lowest BCUT2D eigenvalue weighted by Gasteiger charge is -2.41. The summed E-state index contributed by atoms with van der Waals surface area (Å²) in [6.07, 6.45) is 5.70. The standard InChI is InChI=1S/C19H24O6/c20-16-10-5-1-3-7-14(10)24-18(22)12(16)9-13-17(21)11-6-2-4-8-15(11)25-19(13)23/h10,12,14,16,20-21H,1-9H2. The molecule has 3 aliphatic rings. The van der Waals surface area contributed by atoms with Crippen molar-refractivity contribution in [1.82, 2.24) is 0 Å². The van der Waals surface area contributed by atoms with Gasteiger partial charge in [-0.15, -0.1) is 0 Å². The fourth-order valence-electron chi connectivity index (χ4n) is 4.63. The van der Waals surface area contributed by atoms with Crippen LogP contribution in [0.5, 0.6) is 5.75 Å². The van der Waals surface area contributed by atoms with E-state index in [4.69, 9.17) is 9.15 Å². The number of esters is 1. The molecule has 1 aromatic heterocycles. The van der Waals surface area contributed by atoms with Crippen molar-refractivity contribution in [3.8, 4) is 5.75 Å². The van der Waals surface area contributed by atoms with Gasteiger partial charge in [0, 0.05) is 17.9 Å². The lowest BCUT2D eigenvalue weighted by molar-refractivity contribution is -0.184. The molecule has 1 aliphatic heterocycles. The Kier molecular flexibility index (Phi) is 4.31. The SMILES string of the molecule is O=C1OC2CCCCC2C(O)C1Cc1c(O)c2c(oc1=O)CCCC2. The van der Waals surface area contributed by atoms with E-state index in [9.17, 15) is 19.8 Å². The van der Waals surface area contributed by atoms with Crippen molar-refractivity contribution in [1.29, 1.82) is 0 Å². The van der Waals surface area contributed by atoms with Gasteiger partial charge in [-0.3, -0.25) is 4.79 Å². The largest absolute Gasteiger partial charge is 0.507 e. The summed E-state index contributed by atoms with van der Waals surface area (Å²) in [6, 6.07) is 0. The maximum Gasteiger partial charge on any atom is 0.342 e. The molecular formula is C19H24O6. The van der Waals surface area contributed by atoms with Gasteiger partial charge in [0.2, 0.25) is 0 Å².